The molecule has 1 rings (SSSR count). The highest BCUT2D eigenvalue weighted by atomic mass is 16.5. The predicted octanol–water partition coefficient (Wildman–Crippen LogP) is 2.52. The Bertz CT molecular complexity index is 148. The van der Waals surface area contributed by atoms with Crippen LogP contribution in [0.25, 0.3) is 0 Å². The van der Waals surface area contributed by atoms with Gasteiger partial charge in [0, 0.05) is 0 Å². The van der Waals surface area contributed by atoms with E-state index in [1.54, 1.807) is 0 Å². The van der Waals surface area contributed by atoms with Gasteiger partial charge in [-0.15, -0.1) is 0 Å². The molecule has 2 heteroatoms. The fourth-order valence-corrected chi connectivity index (χ4v) is 1.54. The smallest absolute Gasteiger partial charge is 0.309 e. The average molecular weight is 170 g/mol. The molecule has 1 fully saturated rings. The Hall–Kier alpha value is -0.530. The van der Waals surface area contributed by atoms with Crippen LogP contribution in [0.2, 0.25) is 0 Å². The van der Waals surface area contributed by atoms with Crippen molar-refractivity contribution in [2.24, 2.45) is 5.92 Å². The summed E-state index contributed by atoms with van der Waals surface area (Å²) < 4.78 is 5.24. The molecule has 1 aliphatic carbocycles. The first-order valence-corrected chi connectivity index (χ1v) is 4.94. The standard InChI is InChI=1S/C10H18O2/c1-3-8(2)12-10(11)9-6-4-5-7-9/h8-9H,3-7H2,1-2H3. The molecule has 1 atom stereocenters. The third-order valence-corrected chi connectivity index (χ3v) is 2.58. The van der Waals surface area contributed by atoms with Crippen molar-refractivity contribution in [2.75, 3.05) is 0 Å². The number of hydrogen-bond acceptors (Lipinski definition) is 2. The van der Waals surface area contributed by atoms with Crippen LogP contribution in [0, 0.1) is 5.92 Å². The van der Waals surface area contributed by atoms with Crippen LogP contribution < -0.4 is 0 Å². The summed E-state index contributed by atoms with van der Waals surface area (Å²) in [6, 6.07) is 0. The van der Waals surface area contributed by atoms with E-state index in [4.69, 9.17) is 4.74 Å². The molecule has 1 aliphatic rings. The van der Waals surface area contributed by atoms with Gasteiger partial charge < -0.3 is 4.74 Å². The van der Waals surface area contributed by atoms with Crippen LogP contribution in [0.5, 0.6) is 0 Å². The third-order valence-electron chi connectivity index (χ3n) is 2.58. The van der Waals surface area contributed by atoms with Gasteiger partial charge in [0.2, 0.25) is 0 Å². The van der Waals surface area contributed by atoms with Gasteiger partial charge in [-0.3, -0.25) is 4.79 Å². The van der Waals surface area contributed by atoms with Crippen molar-refractivity contribution >= 4 is 5.97 Å². The largest absolute Gasteiger partial charge is 0.462 e. The molecule has 0 aromatic heterocycles. The zero-order valence-electron chi connectivity index (χ0n) is 8.01. The second kappa shape index (κ2) is 4.48. The molecule has 1 unspecified atom stereocenters. The molecule has 0 saturated heterocycles. The van der Waals surface area contributed by atoms with Crippen molar-refractivity contribution in [1.82, 2.24) is 0 Å². The van der Waals surface area contributed by atoms with E-state index in [2.05, 4.69) is 0 Å². The Morgan fingerprint density at radius 3 is 2.58 bits per heavy atom. The fourth-order valence-electron chi connectivity index (χ4n) is 1.54. The molecule has 70 valence electrons. The highest BCUT2D eigenvalue weighted by Crippen LogP contribution is 2.26. The summed E-state index contributed by atoms with van der Waals surface area (Å²) in [5.41, 5.74) is 0. The minimum Gasteiger partial charge on any atom is -0.462 e. The summed E-state index contributed by atoms with van der Waals surface area (Å²) in [5.74, 6) is 0.237. The van der Waals surface area contributed by atoms with E-state index >= 15 is 0 Å². The van der Waals surface area contributed by atoms with E-state index in [0.29, 0.717) is 0 Å². The van der Waals surface area contributed by atoms with Gasteiger partial charge in [-0.05, 0) is 26.2 Å². The minimum absolute atomic E-state index is 0.0295. The van der Waals surface area contributed by atoms with Crippen molar-refractivity contribution in [3.63, 3.8) is 0 Å². The van der Waals surface area contributed by atoms with E-state index < -0.39 is 0 Å². The molecular formula is C10H18O2. The topological polar surface area (TPSA) is 26.3 Å². The molecule has 0 amide bonds. The van der Waals surface area contributed by atoms with Crippen LogP contribution in [0.3, 0.4) is 0 Å². The fraction of sp³-hybridized carbons (Fsp3) is 0.900. The Morgan fingerprint density at radius 2 is 2.08 bits per heavy atom. The van der Waals surface area contributed by atoms with Gasteiger partial charge >= 0.3 is 5.97 Å². The summed E-state index contributed by atoms with van der Waals surface area (Å²) in [4.78, 5) is 11.4. The zero-order chi connectivity index (χ0) is 8.97. The summed E-state index contributed by atoms with van der Waals surface area (Å²) in [6.07, 6.45) is 5.47. The quantitative estimate of drug-likeness (QED) is 0.608. The van der Waals surface area contributed by atoms with Crippen molar-refractivity contribution in [3.8, 4) is 0 Å². The second-order valence-corrected chi connectivity index (χ2v) is 3.64. The van der Waals surface area contributed by atoms with Gasteiger partial charge in [0.1, 0.15) is 0 Å². The molecule has 0 aromatic rings. The van der Waals surface area contributed by atoms with Crippen molar-refractivity contribution in [1.29, 1.82) is 0 Å². The zero-order valence-corrected chi connectivity index (χ0v) is 8.01. The Balaban J connectivity index is 2.27. The lowest BCUT2D eigenvalue weighted by Crippen LogP contribution is -2.20. The van der Waals surface area contributed by atoms with Gasteiger partial charge in [0.25, 0.3) is 0 Å². The van der Waals surface area contributed by atoms with E-state index in [1.807, 2.05) is 13.8 Å². The monoisotopic (exact) mass is 170 g/mol. The Labute approximate surface area is 74.3 Å². The molecular weight excluding hydrogens is 152 g/mol. The molecule has 0 aromatic carbocycles. The van der Waals surface area contributed by atoms with Crippen LogP contribution in [-0.4, -0.2) is 12.1 Å². The molecule has 0 heterocycles. The molecule has 0 spiro atoms. The van der Waals surface area contributed by atoms with E-state index in [9.17, 15) is 4.79 Å². The maximum absolute atomic E-state index is 11.4. The summed E-state index contributed by atoms with van der Waals surface area (Å²) in [6.45, 7) is 3.99. The van der Waals surface area contributed by atoms with Gasteiger partial charge in [0.05, 0.1) is 12.0 Å². The number of carbonyl (C=O) groups is 1. The van der Waals surface area contributed by atoms with Crippen molar-refractivity contribution in [3.05, 3.63) is 0 Å². The van der Waals surface area contributed by atoms with Gasteiger partial charge in [-0.25, -0.2) is 0 Å². The lowest BCUT2D eigenvalue weighted by atomic mass is 10.1. The molecule has 0 N–H and O–H groups in total. The first-order valence-electron chi connectivity index (χ1n) is 4.94. The average Bonchev–Trinajstić information content (AvgIpc) is 2.56. The van der Waals surface area contributed by atoms with Crippen LogP contribution in [-0.2, 0) is 9.53 Å². The molecule has 0 bridgehead atoms. The molecule has 1 saturated carbocycles. The highest BCUT2D eigenvalue weighted by molar-refractivity contribution is 5.72. The number of hydrogen-bond donors (Lipinski definition) is 0. The van der Waals surface area contributed by atoms with Gasteiger partial charge in [0.15, 0.2) is 0 Å². The number of esters is 1. The van der Waals surface area contributed by atoms with E-state index in [1.165, 1.54) is 12.8 Å². The van der Waals surface area contributed by atoms with Crippen LogP contribution in [0.1, 0.15) is 46.0 Å². The summed E-state index contributed by atoms with van der Waals surface area (Å²) in [7, 11) is 0. The van der Waals surface area contributed by atoms with E-state index in [0.717, 1.165) is 19.3 Å². The number of carbonyl (C=O) groups excluding carboxylic acids is 1. The van der Waals surface area contributed by atoms with E-state index in [-0.39, 0.29) is 18.0 Å². The summed E-state index contributed by atoms with van der Waals surface area (Å²) in [5, 5.41) is 0. The first kappa shape index (κ1) is 9.56. The molecule has 12 heavy (non-hydrogen) atoms. The maximum atomic E-state index is 11.4. The number of ether oxygens (including phenoxy) is 1. The molecule has 0 radical (unpaired) electrons. The number of rotatable bonds is 3. The van der Waals surface area contributed by atoms with Crippen molar-refractivity contribution < 1.29 is 9.53 Å². The van der Waals surface area contributed by atoms with Crippen LogP contribution >= 0.6 is 0 Å². The lowest BCUT2D eigenvalue weighted by Gasteiger charge is -2.14. The van der Waals surface area contributed by atoms with Crippen molar-refractivity contribution in [2.45, 2.75) is 52.1 Å². The Kier molecular flexibility index (Phi) is 3.57. The Morgan fingerprint density at radius 1 is 1.50 bits per heavy atom. The highest BCUT2D eigenvalue weighted by Gasteiger charge is 2.24. The second-order valence-electron chi connectivity index (χ2n) is 3.64. The minimum atomic E-state index is 0.0295. The summed E-state index contributed by atoms with van der Waals surface area (Å²) >= 11 is 0. The predicted molar refractivity (Wildman–Crippen MR) is 47.8 cm³/mol. The molecule has 2 nitrogen and oxygen atoms in total. The molecule has 0 aliphatic heterocycles. The SMILES string of the molecule is CCC(C)OC(=O)C1CCCC1. The van der Waals surface area contributed by atoms with Gasteiger partial charge in [-0.2, -0.15) is 0 Å². The normalized spacial score (nSPS) is 20.8. The van der Waals surface area contributed by atoms with Gasteiger partial charge in [-0.1, -0.05) is 19.8 Å². The third kappa shape index (κ3) is 2.50. The lowest BCUT2D eigenvalue weighted by molar-refractivity contribution is -0.153. The van der Waals surface area contributed by atoms with Crippen LogP contribution in [0.4, 0.5) is 0 Å². The van der Waals surface area contributed by atoms with Crippen LogP contribution in [0.15, 0.2) is 0 Å². The maximum Gasteiger partial charge on any atom is 0.309 e. The first-order chi connectivity index (χ1) is 5.74.